The van der Waals surface area contributed by atoms with Gasteiger partial charge in [0.15, 0.2) is 11.5 Å². The summed E-state index contributed by atoms with van der Waals surface area (Å²) in [6.07, 6.45) is 1.63. The number of nitrogens with one attached hydrogen (secondary N) is 3. The van der Waals surface area contributed by atoms with E-state index in [1.807, 2.05) is 12.1 Å². The third kappa shape index (κ3) is 7.27. The maximum Gasteiger partial charge on any atom is 0.326 e. The summed E-state index contributed by atoms with van der Waals surface area (Å²) in [7, 11) is 4.62. The summed E-state index contributed by atoms with van der Waals surface area (Å²) in [6.45, 7) is 5.21. The molecule has 11 nitrogen and oxygen atoms in total. The quantitative estimate of drug-likeness (QED) is 0.282. The second-order valence-corrected chi connectivity index (χ2v) is 10.3. The summed E-state index contributed by atoms with van der Waals surface area (Å²) in [6, 6.07) is 5.53. The molecule has 0 aromatic heterocycles. The molecule has 0 saturated carbocycles. The first-order valence-electron chi connectivity index (χ1n) is 13.6. The Bertz CT molecular complexity index is 1360. The van der Waals surface area contributed by atoms with Gasteiger partial charge in [0, 0.05) is 25.5 Å². The van der Waals surface area contributed by atoms with Crippen molar-refractivity contribution in [2.45, 2.75) is 58.5 Å². The van der Waals surface area contributed by atoms with Gasteiger partial charge >= 0.3 is 5.97 Å². The van der Waals surface area contributed by atoms with E-state index in [0.717, 1.165) is 11.1 Å². The zero-order chi connectivity index (χ0) is 30.3. The fraction of sp³-hybridized carbons (Fsp3) is 0.467. The molecule has 2 aromatic carbocycles. The van der Waals surface area contributed by atoms with Crippen LogP contribution in [0.1, 0.15) is 57.2 Å². The number of anilines is 1. The normalized spacial score (nSPS) is 14.6. The smallest absolute Gasteiger partial charge is 0.326 e. The van der Waals surface area contributed by atoms with Gasteiger partial charge in [-0.2, -0.15) is 0 Å². The van der Waals surface area contributed by atoms with Crippen LogP contribution in [-0.4, -0.2) is 56.8 Å². The third-order valence-electron chi connectivity index (χ3n) is 7.06. The number of aliphatic carboxylic acids is 1. The molecule has 11 heteroatoms. The van der Waals surface area contributed by atoms with Crippen LogP contribution >= 0.6 is 0 Å². The van der Waals surface area contributed by atoms with Gasteiger partial charge in [-0.1, -0.05) is 19.9 Å². The van der Waals surface area contributed by atoms with Gasteiger partial charge < -0.3 is 35.3 Å². The van der Waals surface area contributed by atoms with E-state index in [1.165, 1.54) is 20.1 Å². The molecule has 2 atom stereocenters. The van der Waals surface area contributed by atoms with Crippen LogP contribution in [0.5, 0.6) is 17.2 Å². The highest BCUT2D eigenvalue weighted by molar-refractivity contribution is 5.84. The number of carbonyl (C=O) groups excluding carboxylic acids is 2. The van der Waals surface area contributed by atoms with Crippen LogP contribution in [0.25, 0.3) is 11.1 Å². The number of rotatable bonds is 12. The SMILES string of the molecule is COc1cc2c(c(OC)c1OC)-c1ccc(NCCCC(=O)N[C@H](C(=O)O)C(C)C)c(=O)cc1[C@@H](NC(C)=O)CC2. The van der Waals surface area contributed by atoms with Gasteiger partial charge in [-0.3, -0.25) is 14.4 Å². The lowest BCUT2D eigenvalue weighted by molar-refractivity contribution is -0.143. The summed E-state index contributed by atoms with van der Waals surface area (Å²) >= 11 is 0. The van der Waals surface area contributed by atoms with Crippen LogP contribution in [0.3, 0.4) is 0 Å². The zero-order valence-corrected chi connectivity index (χ0v) is 24.4. The molecule has 0 unspecified atom stereocenters. The molecule has 1 aliphatic carbocycles. The Morgan fingerprint density at radius 1 is 1.05 bits per heavy atom. The molecular weight excluding hydrogens is 530 g/mol. The molecule has 0 fully saturated rings. The van der Waals surface area contributed by atoms with E-state index in [1.54, 1.807) is 34.1 Å². The van der Waals surface area contributed by atoms with Gasteiger partial charge in [0.25, 0.3) is 0 Å². The van der Waals surface area contributed by atoms with Crippen LogP contribution in [0, 0.1) is 5.92 Å². The summed E-state index contributed by atoms with van der Waals surface area (Å²) in [4.78, 5) is 49.1. The number of fused-ring (bicyclic) bond motifs is 3. The number of hydrogen-bond donors (Lipinski definition) is 4. The number of hydrogen-bond acceptors (Lipinski definition) is 8. The Kier molecular flexibility index (Phi) is 10.6. The Morgan fingerprint density at radius 2 is 1.76 bits per heavy atom. The van der Waals surface area contributed by atoms with Crippen molar-refractivity contribution in [3.8, 4) is 28.4 Å². The minimum atomic E-state index is -1.08. The molecule has 0 aliphatic heterocycles. The van der Waals surface area contributed by atoms with Gasteiger partial charge in [-0.25, -0.2) is 4.79 Å². The molecule has 0 saturated heterocycles. The van der Waals surface area contributed by atoms with E-state index in [0.29, 0.717) is 59.9 Å². The maximum atomic E-state index is 13.4. The molecule has 3 rings (SSSR count). The lowest BCUT2D eigenvalue weighted by atomic mass is 9.95. The summed E-state index contributed by atoms with van der Waals surface area (Å²) in [5, 5.41) is 17.9. The van der Waals surface area contributed by atoms with E-state index in [4.69, 9.17) is 14.2 Å². The van der Waals surface area contributed by atoms with E-state index in [2.05, 4.69) is 16.0 Å². The molecular formula is C30H39N3O8. The van der Waals surface area contributed by atoms with Gasteiger partial charge in [0.05, 0.1) is 33.1 Å². The van der Waals surface area contributed by atoms with Gasteiger partial charge in [-0.15, -0.1) is 0 Å². The minimum absolute atomic E-state index is 0.101. The third-order valence-corrected chi connectivity index (χ3v) is 7.06. The van der Waals surface area contributed by atoms with E-state index in [9.17, 15) is 24.3 Å². The first-order valence-corrected chi connectivity index (χ1v) is 13.6. The van der Waals surface area contributed by atoms with Crippen LogP contribution in [-0.2, 0) is 20.8 Å². The molecule has 0 radical (unpaired) electrons. The monoisotopic (exact) mass is 569 g/mol. The number of carbonyl (C=O) groups is 3. The second-order valence-electron chi connectivity index (χ2n) is 10.3. The number of carboxylic acid groups (broad SMARTS) is 1. The van der Waals surface area contributed by atoms with Crippen molar-refractivity contribution in [1.29, 1.82) is 0 Å². The fourth-order valence-electron chi connectivity index (χ4n) is 5.08. The predicted molar refractivity (Wildman–Crippen MR) is 155 cm³/mol. The highest BCUT2D eigenvalue weighted by Crippen LogP contribution is 2.50. The topological polar surface area (TPSA) is 152 Å². The number of carboxylic acids is 1. The molecule has 0 spiro atoms. The molecule has 222 valence electrons. The Labute approximate surface area is 239 Å². The van der Waals surface area contributed by atoms with Gasteiger partial charge in [0.2, 0.25) is 23.0 Å². The predicted octanol–water partition coefficient (Wildman–Crippen LogP) is 3.28. The molecule has 0 heterocycles. The molecule has 4 N–H and O–H groups in total. The second kappa shape index (κ2) is 13.9. The Morgan fingerprint density at radius 3 is 2.34 bits per heavy atom. The zero-order valence-electron chi connectivity index (χ0n) is 24.4. The van der Waals surface area contributed by atoms with E-state index >= 15 is 0 Å². The number of methoxy groups -OCH3 is 3. The van der Waals surface area contributed by atoms with E-state index in [-0.39, 0.29) is 29.6 Å². The molecule has 2 amide bonds. The molecule has 1 aliphatic rings. The van der Waals surface area contributed by atoms with E-state index < -0.39 is 18.1 Å². The first-order chi connectivity index (χ1) is 19.5. The molecule has 2 aromatic rings. The first kappa shape index (κ1) is 31.3. The van der Waals surface area contributed by atoms with Gasteiger partial charge in [-0.05, 0) is 60.1 Å². The lowest BCUT2D eigenvalue weighted by Gasteiger charge is -2.19. The van der Waals surface area contributed by atoms with Crippen LogP contribution in [0.15, 0.2) is 29.1 Å². The average molecular weight is 570 g/mol. The van der Waals surface area contributed by atoms with Crippen molar-refractivity contribution in [3.63, 3.8) is 0 Å². The summed E-state index contributed by atoms with van der Waals surface area (Å²) < 4.78 is 17.0. The Balaban J connectivity index is 1.95. The van der Waals surface area contributed by atoms with Crippen molar-refractivity contribution in [2.24, 2.45) is 5.92 Å². The van der Waals surface area contributed by atoms with Crippen molar-refractivity contribution in [1.82, 2.24) is 10.6 Å². The maximum absolute atomic E-state index is 13.4. The summed E-state index contributed by atoms with van der Waals surface area (Å²) in [5.41, 5.74) is 3.09. The number of amides is 2. The van der Waals surface area contributed by atoms with Crippen LogP contribution < -0.4 is 35.6 Å². The minimum Gasteiger partial charge on any atom is -0.493 e. The van der Waals surface area contributed by atoms with Crippen molar-refractivity contribution < 1.29 is 33.7 Å². The van der Waals surface area contributed by atoms with Gasteiger partial charge in [0.1, 0.15) is 6.04 Å². The fourth-order valence-corrected chi connectivity index (χ4v) is 5.08. The van der Waals surface area contributed by atoms with Crippen LogP contribution in [0.4, 0.5) is 5.69 Å². The lowest BCUT2D eigenvalue weighted by Crippen LogP contribution is -2.44. The van der Waals surface area contributed by atoms with Crippen LogP contribution in [0.2, 0.25) is 0 Å². The number of aryl methyl sites for hydroxylation is 1. The Hall–Kier alpha value is -4.28. The molecule has 41 heavy (non-hydrogen) atoms. The molecule has 0 bridgehead atoms. The number of benzene rings is 1. The average Bonchev–Trinajstić information content (AvgIpc) is 3.16. The largest absolute Gasteiger partial charge is 0.493 e. The van der Waals surface area contributed by atoms with Crippen molar-refractivity contribution in [3.05, 3.63) is 45.6 Å². The highest BCUT2D eigenvalue weighted by Gasteiger charge is 2.29. The standard InChI is InChI=1S/C30H39N3O8/c1-16(2)27(30(37)38)33-25(36)8-7-13-31-22-12-10-19-20(15-23(22)35)21(32-17(3)34)11-9-18-14-24(39-4)28(40-5)29(41-6)26(18)19/h10,12,14-16,21,27H,7-9,11,13H2,1-6H3,(H,31,35)(H,32,34)(H,33,36)(H,37,38)/t21-,27-/m0/s1. The summed E-state index contributed by atoms with van der Waals surface area (Å²) in [5.74, 6) is -0.507. The highest BCUT2D eigenvalue weighted by atomic mass is 16.5. The van der Waals surface area contributed by atoms with Crippen molar-refractivity contribution >= 4 is 23.5 Å². The number of ether oxygens (including phenoxy) is 3. The van der Waals surface area contributed by atoms with Crippen molar-refractivity contribution in [2.75, 3.05) is 33.2 Å².